The standard InChI is InChI=1S/C50H31N5O/c1-3-16-32(17-4-1)49-51-50(55(52-49)33-18-5-2-6-19-33)39-24-15-23-36-34-20-7-10-25-40(34)53(47(36)39)42-27-12-13-28-43(42)54-41-26-11-8-21-35(41)37-30-31-45-46(48(37)54)38-22-9-14-29-44(38)56-45/h1-31H. The van der Waals surface area contributed by atoms with E-state index in [1.54, 1.807) is 0 Å². The van der Waals surface area contributed by atoms with Crippen molar-refractivity contribution in [2.24, 2.45) is 0 Å². The number of furan rings is 1. The first kappa shape index (κ1) is 30.7. The molecule has 0 atom stereocenters. The van der Waals surface area contributed by atoms with Crippen molar-refractivity contribution in [2.45, 2.75) is 0 Å². The average molecular weight is 718 g/mol. The highest BCUT2D eigenvalue weighted by Gasteiger charge is 2.25. The van der Waals surface area contributed by atoms with E-state index in [1.807, 2.05) is 47.1 Å². The molecule has 6 heteroatoms. The molecule has 0 aliphatic heterocycles. The molecule has 12 rings (SSSR count). The lowest BCUT2D eigenvalue weighted by molar-refractivity contribution is 0.669. The lowest BCUT2D eigenvalue weighted by Gasteiger charge is -2.18. The molecule has 0 aliphatic carbocycles. The van der Waals surface area contributed by atoms with E-state index in [1.165, 1.54) is 16.2 Å². The summed E-state index contributed by atoms with van der Waals surface area (Å²) < 4.78 is 13.3. The van der Waals surface area contributed by atoms with Gasteiger partial charge in [-0.2, -0.15) is 0 Å². The van der Waals surface area contributed by atoms with Gasteiger partial charge in [0.25, 0.3) is 0 Å². The van der Waals surface area contributed by atoms with Gasteiger partial charge in [0.1, 0.15) is 11.2 Å². The monoisotopic (exact) mass is 717 g/mol. The Hall–Kier alpha value is -7.70. The Morgan fingerprint density at radius 3 is 1.71 bits per heavy atom. The van der Waals surface area contributed by atoms with Crippen LogP contribution in [0.3, 0.4) is 0 Å². The quantitative estimate of drug-likeness (QED) is 0.178. The smallest absolute Gasteiger partial charge is 0.182 e. The lowest BCUT2D eigenvalue weighted by Crippen LogP contribution is -2.05. The minimum Gasteiger partial charge on any atom is -0.456 e. The largest absolute Gasteiger partial charge is 0.456 e. The minimum absolute atomic E-state index is 0.672. The van der Waals surface area contributed by atoms with Gasteiger partial charge in [-0.25, -0.2) is 9.67 Å². The lowest BCUT2D eigenvalue weighted by atomic mass is 10.1. The number of fused-ring (bicyclic) bond motifs is 10. The SMILES string of the molecule is c1ccc(-c2nc(-c3cccc4c5ccccc5n(-c5ccccc5-n5c6ccccc6c6ccc7oc8ccccc8c7c65)c34)n(-c3ccccc3)n2)cc1. The number of aromatic nitrogens is 5. The Morgan fingerprint density at radius 2 is 0.982 bits per heavy atom. The van der Waals surface area contributed by atoms with Crippen LogP contribution in [0.15, 0.2) is 192 Å². The molecule has 8 aromatic carbocycles. The number of rotatable bonds is 5. The summed E-state index contributed by atoms with van der Waals surface area (Å²) in [5.41, 5.74) is 11.2. The van der Waals surface area contributed by atoms with Crippen LogP contribution in [0.5, 0.6) is 0 Å². The van der Waals surface area contributed by atoms with Gasteiger partial charge in [0.2, 0.25) is 0 Å². The van der Waals surface area contributed by atoms with Crippen LogP contribution in [0.1, 0.15) is 0 Å². The molecule has 0 radical (unpaired) electrons. The van der Waals surface area contributed by atoms with Crippen LogP contribution in [0.25, 0.3) is 105 Å². The van der Waals surface area contributed by atoms with Crippen molar-refractivity contribution in [3.63, 3.8) is 0 Å². The highest BCUT2D eigenvalue weighted by atomic mass is 16.3. The molecule has 4 aromatic heterocycles. The van der Waals surface area contributed by atoms with Crippen molar-refractivity contribution < 1.29 is 4.42 Å². The van der Waals surface area contributed by atoms with Gasteiger partial charge < -0.3 is 13.6 Å². The van der Waals surface area contributed by atoms with Crippen molar-refractivity contribution in [1.82, 2.24) is 23.9 Å². The summed E-state index contributed by atoms with van der Waals surface area (Å²) in [6.45, 7) is 0. The predicted octanol–water partition coefficient (Wildman–Crippen LogP) is 12.7. The molecule has 0 unspecified atom stereocenters. The summed E-state index contributed by atoms with van der Waals surface area (Å²) in [6, 6.07) is 65.9. The summed E-state index contributed by atoms with van der Waals surface area (Å²) in [6.07, 6.45) is 0. The molecule has 0 fully saturated rings. The molecule has 0 bridgehead atoms. The van der Waals surface area contributed by atoms with Crippen LogP contribution in [0, 0.1) is 0 Å². The second kappa shape index (κ2) is 11.9. The fraction of sp³-hybridized carbons (Fsp3) is 0. The fourth-order valence-electron chi connectivity index (χ4n) is 8.75. The van der Waals surface area contributed by atoms with E-state index in [0.717, 1.165) is 83.4 Å². The Morgan fingerprint density at radius 1 is 0.411 bits per heavy atom. The number of benzene rings is 8. The summed E-state index contributed by atoms with van der Waals surface area (Å²) in [7, 11) is 0. The molecule has 0 N–H and O–H groups in total. The van der Waals surface area contributed by atoms with Gasteiger partial charge in [-0.15, -0.1) is 5.10 Å². The van der Waals surface area contributed by atoms with Crippen LogP contribution in [0.2, 0.25) is 0 Å². The maximum absolute atomic E-state index is 6.48. The first-order chi connectivity index (χ1) is 27.8. The van der Waals surface area contributed by atoms with Gasteiger partial charge >= 0.3 is 0 Å². The van der Waals surface area contributed by atoms with E-state index >= 15 is 0 Å². The third-order valence-corrected chi connectivity index (χ3v) is 11.1. The van der Waals surface area contributed by atoms with E-state index in [2.05, 4.69) is 155 Å². The normalized spacial score (nSPS) is 11.9. The molecule has 4 heterocycles. The molecule has 56 heavy (non-hydrogen) atoms. The van der Waals surface area contributed by atoms with Crippen LogP contribution in [-0.2, 0) is 0 Å². The first-order valence-electron chi connectivity index (χ1n) is 18.9. The molecular formula is C50H31N5O. The summed E-state index contributed by atoms with van der Waals surface area (Å²) in [4.78, 5) is 5.32. The van der Waals surface area contributed by atoms with Crippen LogP contribution >= 0.6 is 0 Å². The van der Waals surface area contributed by atoms with Crippen molar-refractivity contribution in [3.05, 3.63) is 188 Å². The Bertz CT molecular complexity index is 3480. The van der Waals surface area contributed by atoms with E-state index in [-0.39, 0.29) is 0 Å². The third kappa shape index (κ3) is 4.38. The second-order valence-corrected chi connectivity index (χ2v) is 14.2. The second-order valence-electron chi connectivity index (χ2n) is 14.2. The highest BCUT2D eigenvalue weighted by molar-refractivity contribution is 6.24. The molecule has 0 spiro atoms. The zero-order valence-corrected chi connectivity index (χ0v) is 30.0. The maximum atomic E-state index is 6.48. The van der Waals surface area contributed by atoms with E-state index in [0.29, 0.717) is 5.82 Å². The number of para-hydroxylation sites is 7. The van der Waals surface area contributed by atoms with Crippen molar-refractivity contribution in [2.75, 3.05) is 0 Å². The van der Waals surface area contributed by atoms with Crippen LogP contribution < -0.4 is 0 Å². The number of hydrogen-bond acceptors (Lipinski definition) is 3. The topological polar surface area (TPSA) is 53.7 Å². The molecule has 0 saturated heterocycles. The van der Waals surface area contributed by atoms with Crippen molar-refractivity contribution in [3.8, 4) is 39.8 Å². The molecule has 0 saturated carbocycles. The zero-order valence-electron chi connectivity index (χ0n) is 30.0. The summed E-state index contributed by atoms with van der Waals surface area (Å²) >= 11 is 0. The molecular weight excluding hydrogens is 687 g/mol. The van der Waals surface area contributed by atoms with E-state index in [9.17, 15) is 0 Å². The van der Waals surface area contributed by atoms with Crippen molar-refractivity contribution in [1.29, 1.82) is 0 Å². The van der Waals surface area contributed by atoms with E-state index < -0.39 is 0 Å². The average Bonchev–Trinajstić information content (AvgIpc) is 4.04. The number of hydrogen-bond donors (Lipinski definition) is 0. The third-order valence-electron chi connectivity index (χ3n) is 11.1. The summed E-state index contributed by atoms with van der Waals surface area (Å²) in [5, 5.41) is 12.0. The van der Waals surface area contributed by atoms with Crippen LogP contribution in [0.4, 0.5) is 0 Å². The molecule has 0 aliphatic rings. The summed E-state index contributed by atoms with van der Waals surface area (Å²) in [5.74, 6) is 1.44. The highest BCUT2D eigenvalue weighted by Crippen LogP contribution is 2.44. The Labute approximate surface area is 320 Å². The number of nitrogens with zero attached hydrogens (tertiary/aromatic N) is 5. The van der Waals surface area contributed by atoms with Gasteiger partial charge in [-0.1, -0.05) is 127 Å². The molecule has 262 valence electrons. The van der Waals surface area contributed by atoms with Crippen molar-refractivity contribution >= 4 is 65.6 Å². The molecule has 0 amide bonds. The molecule has 12 aromatic rings. The maximum Gasteiger partial charge on any atom is 0.182 e. The van der Waals surface area contributed by atoms with Gasteiger partial charge in [0, 0.05) is 38.1 Å². The van der Waals surface area contributed by atoms with Gasteiger partial charge in [0.15, 0.2) is 11.6 Å². The fourth-order valence-corrected chi connectivity index (χ4v) is 8.75. The van der Waals surface area contributed by atoms with Gasteiger partial charge in [-0.05, 0) is 60.7 Å². The Balaban J connectivity index is 1.21. The van der Waals surface area contributed by atoms with Gasteiger partial charge in [0.05, 0.1) is 44.5 Å². The van der Waals surface area contributed by atoms with Gasteiger partial charge in [-0.3, -0.25) is 0 Å². The first-order valence-corrected chi connectivity index (χ1v) is 18.9. The Kier molecular flexibility index (Phi) is 6.53. The predicted molar refractivity (Wildman–Crippen MR) is 228 cm³/mol. The molecule has 6 nitrogen and oxygen atoms in total. The minimum atomic E-state index is 0.672. The van der Waals surface area contributed by atoms with E-state index in [4.69, 9.17) is 14.5 Å². The zero-order chi connectivity index (χ0) is 36.7. The van der Waals surface area contributed by atoms with Crippen LogP contribution in [-0.4, -0.2) is 23.9 Å².